The number of aliphatic hydroxyl groups excluding tert-OH is 1. The highest BCUT2D eigenvalue weighted by Gasteiger charge is 2.08. The van der Waals surface area contributed by atoms with Crippen molar-refractivity contribution in [2.45, 2.75) is 32.1 Å². The van der Waals surface area contributed by atoms with E-state index in [4.69, 9.17) is 4.42 Å². The van der Waals surface area contributed by atoms with E-state index in [2.05, 4.69) is 29.4 Å². The molecule has 5 nitrogen and oxygen atoms in total. The predicted molar refractivity (Wildman–Crippen MR) is 63.5 cm³/mol. The van der Waals surface area contributed by atoms with E-state index in [9.17, 15) is 5.11 Å². The Labute approximate surface area is 100 Å². The van der Waals surface area contributed by atoms with Gasteiger partial charge in [-0.2, -0.15) is 0 Å². The van der Waals surface area contributed by atoms with E-state index in [0.717, 1.165) is 6.54 Å². The molecule has 0 aliphatic rings. The van der Waals surface area contributed by atoms with Crippen LogP contribution in [0.5, 0.6) is 0 Å². The summed E-state index contributed by atoms with van der Waals surface area (Å²) in [5.41, 5.74) is 0. The SMILES string of the molecule is Cc1nnc(SCC(O)CNCC(C)C)o1. The van der Waals surface area contributed by atoms with Gasteiger partial charge >= 0.3 is 0 Å². The van der Waals surface area contributed by atoms with Crippen LogP contribution in [0.2, 0.25) is 0 Å². The molecule has 1 rings (SSSR count). The minimum absolute atomic E-state index is 0.393. The molecule has 1 aromatic rings. The average molecular weight is 245 g/mol. The summed E-state index contributed by atoms with van der Waals surface area (Å²) < 4.78 is 5.19. The fourth-order valence-electron chi connectivity index (χ4n) is 1.10. The van der Waals surface area contributed by atoms with Gasteiger partial charge in [0.25, 0.3) is 5.22 Å². The molecular weight excluding hydrogens is 226 g/mol. The standard InChI is InChI=1S/C10H19N3O2S/c1-7(2)4-11-5-9(14)6-16-10-13-12-8(3)15-10/h7,9,11,14H,4-6H2,1-3H3. The van der Waals surface area contributed by atoms with Gasteiger partial charge in [-0.3, -0.25) is 0 Å². The number of nitrogens with zero attached hydrogens (tertiary/aromatic N) is 2. The summed E-state index contributed by atoms with van der Waals surface area (Å²) in [6.07, 6.45) is -0.393. The molecule has 16 heavy (non-hydrogen) atoms. The molecule has 0 aliphatic carbocycles. The quantitative estimate of drug-likeness (QED) is 0.700. The van der Waals surface area contributed by atoms with Gasteiger partial charge in [0.15, 0.2) is 0 Å². The van der Waals surface area contributed by atoms with Crippen LogP contribution in [0, 0.1) is 12.8 Å². The minimum atomic E-state index is -0.393. The fourth-order valence-corrected chi connectivity index (χ4v) is 1.83. The number of hydrogen-bond donors (Lipinski definition) is 2. The highest BCUT2D eigenvalue weighted by atomic mass is 32.2. The third-order valence-electron chi connectivity index (χ3n) is 1.84. The molecule has 0 aliphatic heterocycles. The zero-order valence-corrected chi connectivity index (χ0v) is 10.8. The van der Waals surface area contributed by atoms with Crippen molar-refractivity contribution in [3.63, 3.8) is 0 Å². The lowest BCUT2D eigenvalue weighted by Gasteiger charge is -2.11. The lowest BCUT2D eigenvalue weighted by molar-refractivity contribution is 0.194. The summed E-state index contributed by atoms with van der Waals surface area (Å²) in [6, 6.07) is 0. The van der Waals surface area contributed by atoms with Crippen molar-refractivity contribution in [3.8, 4) is 0 Å². The van der Waals surface area contributed by atoms with E-state index in [1.165, 1.54) is 11.8 Å². The molecule has 1 unspecified atom stereocenters. The average Bonchev–Trinajstić information content (AvgIpc) is 2.61. The second kappa shape index (κ2) is 6.88. The third kappa shape index (κ3) is 5.48. The minimum Gasteiger partial charge on any atom is -0.416 e. The number of aromatic nitrogens is 2. The Morgan fingerprint density at radius 2 is 2.12 bits per heavy atom. The van der Waals surface area contributed by atoms with Crippen LogP contribution in [0.3, 0.4) is 0 Å². The van der Waals surface area contributed by atoms with Gasteiger partial charge in [-0.05, 0) is 12.5 Å². The highest BCUT2D eigenvalue weighted by Crippen LogP contribution is 2.16. The molecule has 0 saturated carbocycles. The van der Waals surface area contributed by atoms with E-state index in [0.29, 0.717) is 29.3 Å². The number of aliphatic hydroxyl groups is 1. The maximum absolute atomic E-state index is 9.66. The van der Waals surface area contributed by atoms with Crippen LogP contribution in [0.1, 0.15) is 19.7 Å². The first-order valence-corrected chi connectivity index (χ1v) is 6.38. The van der Waals surface area contributed by atoms with Crippen LogP contribution in [0.4, 0.5) is 0 Å². The highest BCUT2D eigenvalue weighted by molar-refractivity contribution is 7.99. The van der Waals surface area contributed by atoms with E-state index >= 15 is 0 Å². The second-order valence-corrected chi connectivity index (χ2v) is 5.08. The van der Waals surface area contributed by atoms with Gasteiger partial charge in [0.1, 0.15) is 0 Å². The molecule has 0 radical (unpaired) electrons. The van der Waals surface area contributed by atoms with E-state index < -0.39 is 6.10 Å². The normalized spacial score (nSPS) is 13.3. The summed E-state index contributed by atoms with van der Waals surface area (Å²) in [4.78, 5) is 0. The smallest absolute Gasteiger partial charge is 0.276 e. The molecule has 1 atom stereocenters. The van der Waals surface area contributed by atoms with Crippen LogP contribution in [0.25, 0.3) is 0 Å². The van der Waals surface area contributed by atoms with Crippen LogP contribution in [-0.2, 0) is 0 Å². The molecule has 0 bridgehead atoms. The summed E-state index contributed by atoms with van der Waals surface area (Å²) in [5.74, 6) is 1.71. The van der Waals surface area contributed by atoms with Gasteiger partial charge < -0.3 is 14.8 Å². The molecule has 1 aromatic heterocycles. The van der Waals surface area contributed by atoms with Gasteiger partial charge in [0, 0.05) is 19.2 Å². The molecule has 1 heterocycles. The molecular formula is C10H19N3O2S. The van der Waals surface area contributed by atoms with Crippen molar-refractivity contribution in [1.82, 2.24) is 15.5 Å². The number of nitrogens with one attached hydrogen (secondary N) is 1. The van der Waals surface area contributed by atoms with Gasteiger partial charge in [0.05, 0.1) is 6.10 Å². The number of thioether (sulfide) groups is 1. The molecule has 2 N–H and O–H groups in total. The molecule has 0 saturated heterocycles. The van der Waals surface area contributed by atoms with Gasteiger partial charge in [-0.15, -0.1) is 10.2 Å². The Kier molecular flexibility index (Phi) is 5.79. The maximum atomic E-state index is 9.66. The number of rotatable bonds is 7. The van der Waals surface area contributed by atoms with Gasteiger partial charge in [0.2, 0.25) is 5.89 Å². The predicted octanol–water partition coefficient (Wildman–Crippen LogP) is 1.08. The van der Waals surface area contributed by atoms with E-state index in [-0.39, 0.29) is 0 Å². The van der Waals surface area contributed by atoms with Crippen molar-refractivity contribution in [1.29, 1.82) is 0 Å². The van der Waals surface area contributed by atoms with Gasteiger partial charge in [-0.25, -0.2) is 0 Å². The summed E-state index contributed by atoms with van der Waals surface area (Å²) in [6.45, 7) is 7.53. The molecule has 0 fully saturated rings. The van der Waals surface area contributed by atoms with Crippen LogP contribution in [0.15, 0.2) is 9.64 Å². The summed E-state index contributed by atoms with van der Waals surface area (Å²) in [5, 5.41) is 20.9. The fraction of sp³-hybridized carbons (Fsp3) is 0.800. The van der Waals surface area contributed by atoms with Crippen LogP contribution >= 0.6 is 11.8 Å². The largest absolute Gasteiger partial charge is 0.416 e. The molecule has 0 spiro atoms. The van der Waals surface area contributed by atoms with Crippen molar-refractivity contribution in [3.05, 3.63) is 5.89 Å². The Hall–Kier alpha value is -0.590. The Balaban J connectivity index is 2.12. The van der Waals surface area contributed by atoms with Crippen molar-refractivity contribution in [2.75, 3.05) is 18.8 Å². The molecule has 0 aromatic carbocycles. The van der Waals surface area contributed by atoms with Crippen LogP contribution in [-0.4, -0.2) is 40.3 Å². The lowest BCUT2D eigenvalue weighted by atomic mass is 10.2. The Morgan fingerprint density at radius 3 is 2.69 bits per heavy atom. The van der Waals surface area contributed by atoms with Gasteiger partial charge in [-0.1, -0.05) is 25.6 Å². The number of aryl methyl sites for hydroxylation is 1. The Bertz CT molecular complexity index is 304. The molecule has 6 heteroatoms. The molecule has 92 valence electrons. The first kappa shape index (κ1) is 13.5. The van der Waals surface area contributed by atoms with E-state index in [1.807, 2.05) is 0 Å². The first-order valence-electron chi connectivity index (χ1n) is 5.39. The zero-order chi connectivity index (χ0) is 12.0. The lowest BCUT2D eigenvalue weighted by Crippen LogP contribution is -2.30. The Morgan fingerprint density at radius 1 is 1.38 bits per heavy atom. The van der Waals surface area contributed by atoms with Crippen molar-refractivity contribution >= 4 is 11.8 Å². The zero-order valence-electron chi connectivity index (χ0n) is 9.93. The third-order valence-corrected chi connectivity index (χ3v) is 2.80. The number of hydrogen-bond acceptors (Lipinski definition) is 6. The van der Waals surface area contributed by atoms with Crippen LogP contribution < -0.4 is 5.32 Å². The second-order valence-electron chi connectivity index (χ2n) is 4.10. The topological polar surface area (TPSA) is 71.2 Å². The maximum Gasteiger partial charge on any atom is 0.276 e. The van der Waals surface area contributed by atoms with E-state index in [1.54, 1.807) is 6.92 Å². The van der Waals surface area contributed by atoms with Crippen molar-refractivity contribution < 1.29 is 9.52 Å². The monoisotopic (exact) mass is 245 g/mol. The first-order chi connectivity index (χ1) is 7.58. The molecule has 0 amide bonds. The summed E-state index contributed by atoms with van der Waals surface area (Å²) >= 11 is 1.38. The van der Waals surface area contributed by atoms with Crippen molar-refractivity contribution in [2.24, 2.45) is 5.92 Å². The summed E-state index contributed by atoms with van der Waals surface area (Å²) in [7, 11) is 0.